The molecule has 0 aliphatic heterocycles. The molecule has 0 aliphatic carbocycles. The first-order valence-electron chi connectivity index (χ1n) is 8.10. The minimum absolute atomic E-state index is 0. The van der Waals surface area contributed by atoms with Gasteiger partial charge in [0.25, 0.3) is 0 Å². The summed E-state index contributed by atoms with van der Waals surface area (Å²) in [5.41, 5.74) is 3.55. The molecule has 0 spiro atoms. The van der Waals surface area contributed by atoms with Gasteiger partial charge in [-0.25, -0.2) is 9.98 Å². The lowest BCUT2D eigenvalue weighted by atomic mass is 10.1. The van der Waals surface area contributed by atoms with Crippen molar-refractivity contribution in [3.63, 3.8) is 0 Å². The molecule has 2 aromatic rings. The molecular formula is C18H27IN4S. The SMILES string of the molecule is CCNC(=NCc1ccc(C)cc1)NCc1csc(C(C)C)n1.I. The zero-order valence-electron chi connectivity index (χ0n) is 14.8. The van der Waals surface area contributed by atoms with E-state index in [-0.39, 0.29) is 24.0 Å². The van der Waals surface area contributed by atoms with Crippen LogP contribution in [-0.4, -0.2) is 17.5 Å². The number of thiazole rings is 1. The molecule has 2 rings (SSSR count). The molecule has 1 aromatic carbocycles. The molecule has 1 aromatic heterocycles. The topological polar surface area (TPSA) is 49.3 Å². The number of hydrogen-bond donors (Lipinski definition) is 2. The maximum atomic E-state index is 4.64. The van der Waals surface area contributed by atoms with Gasteiger partial charge in [0.15, 0.2) is 5.96 Å². The van der Waals surface area contributed by atoms with Gasteiger partial charge in [-0.1, -0.05) is 43.7 Å². The minimum Gasteiger partial charge on any atom is -0.357 e. The monoisotopic (exact) mass is 458 g/mol. The molecule has 0 unspecified atom stereocenters. The molecule has 0 radical (unpaired) electrons. The van der Waals surface area contributed by atoms with E-state index in [0.29, 0.717) is 19.0 Å². The number of benzene rings is 1. The van der Waals surface area contributed by atoms with Crippen molar-refractivity contribution in [1.29, 1.82) is 0 Å². The van der Waals surface area contributed by atoms with Crippen LogP contribution in [0.2, 0.25) is 0 Å². The predicted octanol–water partition coefficient (Wildman–Crippen LogP) is 4.45. The van der Waals surface area contributed by atoms with E-state index in [0.717, 1.165) is 18.2 Å². The number of guanidine groups is 1. The maximum absolute atomic E-state index is 4.64. The largest absolute Gasteiger partial charge is 0.357 e. The molecule has 0 saturated carbocycles. The van der Waals surface area contributed by atoms with E-state index in [2.05, 4.69) is 78.0 Å². The second-order valence-electron chi connectivity index (χ2n) is 5.87. The third-order valence-electron chi connectivity index (χ3n) is 3.38. The van der Waals surface area contributed by atoms with Crippen LogP contribution in [0.3, 0.4) is 0 Å². The molecule has 0 atom stereocenters. The molecule has 24 heavy (non-hydrogen) atoms. The third kappa shape index (κ3) is 6.76. The summed E-state index contributed by atoms with van der Waals surface area (Å²) < 4.78 is 0. The molecule has 132 valence electrons. The summed E-state index contributed by atoms with van der Waals surface area (Å²) in [6, 6.07) is 8.48. The van der Waals surface area contributed by atoms with Gasteiger partial charge in [-0.3, -0.25) is 0 Å². The zero-order chi connectivity index (χ0) is 16.7. The Hall–Kier alpha value is -1.15. The van der Waals surface area contributed by atoms with Crippen molar-refractivity contribution in [2.24, 2.45) is 4.99 Å². The zero-order valence-corrected chi connectivity index (χ0v) is 17.9. The van der Waals surface area contributed by atoms with E-state index in [1.807, 2.05) is 0 Å². The average Bonchev–Trinajstić information content (AvgIpc) is 3.01. The van der Waals surface area contributed by atoms with Crippen molar-refractivity contribution < 1.29 is 0 Å². The van der Waals surface area contributed by atoms with Crippen LogP contribution in [0.5, 0.6) is 0 Å². The van der Waals surface area contributed by atoms with Crippen molar-refractivity contribution in [3.05, 3.63) is 51.5 Å². The Labute approximate surface area is 166 Å². The molecule has 0 bridgehead atoms. The fourth-order valence-corrected chi connectivity index (χ4v) is 2.88. The summed E-state index contributed by atoms with van der Waals surface area (Å²) in [5, 5.41) is 9.93. The van der Waals surface area contributed by atoms with Crippen LogP contribution in [0.1, 0.15) is 48.5 Å². The standard InChI is InChI=1S/C18H26N4S.HI/c1-5-19-18(20-10-15-8-6-14(4)7-9-15)21-11-16-12-23-17(22-16)13(2)3;/h6-9,12-13H,5,10-11H2,1-4H3,(H2,19,20,21);1H. The molecule has 0 saturated heterocycles. The van der Waals surface area contributed by atoms with Gasteiger partial charge in [0, 0.05) is 17.8 Å². The number of aromatic nitrogens is 1. The molecule has 2 N–H and O–H groups in total. The quantitative estimate of drug-likeness (QED) is 0.382. The molecule has 4 nitrogen and oxygen atoms in total. The van der Waals surface area contributed by atoms with E-state index in [1.54, 1.807) is 11.3 Å². The predicted molar refractivity (Wildman–Crippen MR) is 114 cm³/mol. The molecule has 1 heterocycles. The lowest BCUT2D eigenvalue weighted by Crippen LogP contribution is -2.36. The Kier molecular flexibility index (Phi) is 9.28. The van der Waals surface area contributed by atoms with Gasteiger partial charge in [0.05, 0.1) is 23.8 Å². The highest BCUT2D eigenvalue weighted by atomic mass is 127. The number of halogens is 1. The Morgan fingerprint density at radius 1 is 1.21 bits per heavy atom. The summed E-state index contributed by atoms with van der Waals surface area (Å²) in [5.74, 6) is 1.31. The molecule has 6 heteroatoms. The van der Waals surface area contributed by atoms with Gasteiger partial charge < -0.3 is 10.6 Å². The fourth-order valence-electron chi connectivity index (χ4n) is 2.05. The van der Waals surface area contributed by atoms with E-state index in [1.165, 1.54) is 16.1 Å². The minimum atomic E-state index is 0. The van der Waals surface area contributed by atoms with Gasteiger partial charge in [0.2, 0.25) is 0 Å². The number of nitrogens with one attached hydrogen (secondary N) is 2. The highest BCUT2D eigenvalue weighted by Gasteiger charge is 2.06. The van der Waals surface area contributed by atoms with Crippen molar-refractivity contribution in [2.45, 2.75) is 46.7 Å². The van der Waals surface area contributed by atoms with Crippen LogP contribution < -0.4 is 10.6 Å². The number of rotatable bonds is 6. The van der Waals surface area contributed by atoms with Crippen LogP contribution in [0, 0.1) is 6.92 Å². The normalized spacial score (nSPS) is 11.3. The van der Waals surface area contributed by atoms with Gasteiger partial charge in [-0.2, -0.15) is 0 Å². The van der Waals surface area contributed by atoms with Gasteiger partial charge in [0.1, 0.15) is 0 Å². The Balaban J connectivity index is 0.00000288. The maximum Gasteiger partial charge on any atom is 0.191 e. The number of nitrogens with zero attached hydrogens (tertiary/aromatic N) is 2. The van der Waals surface area contributed by atoms with Crippen molar-refractivity contribution in [1.82, 2.24) is 15.6 Å². The number of hydrogen-bond acceptors (Lipinski definition) is 3. The first kappa shape index (κ1) is 20.9. The van der Waals surface area contributed by atoms with E-state index < -0.39 is 0 Å². The molecule has 0 amide bonds. The summed E-state index contributed by atoms with van der Waals surface area (Å²) in [7, 11) is 0. The van der Waals surface area contributed by atoms with E-state index >= 15 is 0 Å². The molecular weight excluding hydrogens is 431 g/mol. The molecule has 0 aliphatic rings. The number of aryl methyl sites for hydroxylation is 1. The first-order chi connectivity index (χ1) is 11.1. The average molecular weight is 458 g/mol. The Bertz CT molecular complexity index is 635. The highest BCUT2D eigenvalue weighted by Crippen LogP contribution is 2.18. The molecule has 0 fully saturated rings. The van der Waals surface area contributed by atoms with E-state index in [4.69, 9.17) is 0 Å². The number of aliphatic imine (C=N–C) groups is 1. The van der Waals surface area contributed by atoms with Gasteiger partial charge >= 0.3 is 0 Å². The summed E-state index contributed by atoms with van der Waals surface area (Å²) in [6.07, 6.45) is 0. The van der Waals surface area contributed by atoms with Crippen LogP contribution in [0.15, 0.2) is 34.6 Å². The van der Waals surface area contributed by atoms with Crippen molar-refractivity contribution >= 4 is 41.3 Å². The van der Waals surface area contributed by atoms with Crippen LogP contribution in [0.4, 0.5) is 0 Å². The van der Waals surface area contributed by atoms with Crippen LogP contribution in [-0.2, 0) is 13.1 Å². The van der Waals surface area contributed by atoms with E-state index in [9.17, 15) is 0 Å². The summed E-state index contributed by atoms with van der Waals surface area (Å²) in [6.45, 7) is 10.7. The van der Waals surface area contributed by atoms with Crippen molar-refractivity contribution in [3.8, 4) is 0 Å². The van der Waals surface area contributed by atoms with Gasteiger partial charge in [-0.15, -0.1) is 35.3 Å². The second-order valence-corrected chi connectivity index (χ2v) is 6.76. The van der Waals surface area contributed by atoms with Crippen LogP contribution in [0.25, 0.3) is 0 Å². The highest BCUT2D eigenvalue weighted by molar-refractivity contribution is 14.0. The second kappa shape index (κ2) is 10.7. The first-order valence-corrected chi connectivity index (χ1v) is 8.98. The Morgan fingerprint density at radius 2 is 1.92 bits per heavy atom. The third-order valence-corrected chi connectivity index (χ3v) is 4.58. The Morgan fingerprint density at radius 3 is 2.50 bits per heavy atom. The van der Waals surface area contributed by atoms with Gasteiger partial charge in [-0.05, 0) is 19.4 Å². The smallest absolute Gasteiger partial charge is 0.191 e. The lowest BCUT2D eigenvalue weighted by molar-refractivity contribution is 0.787. The fraction of sp³-hybridized carbons (Fsp3) is 0.444. The summed E-state index contributed by atoms with van der Waals surface area (Å²) >= 11 is 1.72. The summed E-state index contributed by atoms with van der Waals surface area (Å²) in [4.78, 5) is 9.28. The van der Waals surface area contributed by atoms with Crippen LogP contribution >= 0.6 is 35.3 Å². The van der Waals surface area contributed by atoms with Crippen molar-refractivity contribution in [2.75, 3.05) is 6.54 Å². The lowest BCUT2D eigenvalue weighted by Gasteiger charge is -2.10.